The van der Waals surface area contributed by atoms with E-state index >= 15 is 0 Å². The summed E-state index contributed by atoms with van der Waals surface area (Å²) in [6, 6.07) is 2.18. The summed E-state index contributed by atoms with van der Waals surface area (Å²) in [6.07, 6.45) is 3.11. The molecule has 0 fully saturated rings. The number of rotatable bonds is 6. The molecule has 0 aromatic carbocycles. The maximum Gasteiger partial charge on any atom is 0.0447 e. The number of hydrogen-bond donors (Lipinski definition) is 1. The number of nitrogens with zero attached hydrogens (tertiary/aromatic N) is 2. The first kappa shape index (κ1) is 15.0. The molecule has 0 aliphatic rings. The van der Waals surface area contributed by atoms with Crippen LogP contribution in [0.15, 0.2) is 12.3 Å². The van der Waals surface area contributed by atoms with Gasteiger partial charge in [-0.05, 0) is 39.8 Å². The topological polar surface area (TPSA) is 28.2 Å². The van der Waals surface area contributed by atoms with E-state index in [4.69, 9.17) is 0 Å². The smallest absolute Gasteiger partial charge is 0.0447 e. The predicted octanol–water partition coefficient (Wildman–Crippen LogP) is 3.12. The zero-order valence-electron chi connectivity index (χ0n) is 12.7. The van der Waals surface area contributed by atoms with Gasteiger partial charge < -0.3 is 10.2 Å². The maximum atomic E-state index is 4.42. The molecule has 1 aromatic heterocycles. The predicted molar refractivity (Wildman–Crippen MR) is 79.1 cm³/mol. The van der Waals surface area contributed by atoms with Crippen LogP contribution in [-0.2, 0) is 6.54 Å². The summed E-state index contributed by atoms with van der Waals surface area (Å²) in [5, 5.41) is 3.38. The Kier molecular flexibility index (Phi) is 5.15. The minimum Gasteiger partial charge on any atom is -0.369 e. The van der Waals surface area contributed by atoms with Crippen molar-refractivity contribution in [2.24, 2.45) is 0 Å². The van der Waals surface area contributed by atoms with Crippen LogP contribution in [0.3, 0.4) is 0 Å². The second kappa shape index (κ2) is 6.19. The number of aryl methyl sites for hydroxylation is 1. The van der Waals surface area contributed by atoms with Crippen LogP contribution in [0.25, 0.3) is 0 Å². The van der Waals surface area contributed by atoms with Crippen molar-refractivity contribution in [3.8, 4) is 0 Å². The molecular formula is C15H27N3. The Morgan fingerprint density at radius 1 is 1.33 bits per heavy atom. The van der Waals surface area contributed by atoms with E-state index in [0.717, 1.165) is 25.2 Å². The molecule has 0 unspecified atom stereocenters. The Hall–Kier alpha value is -1.09. The van der Waals surface area contributed by atoms with E-state index in [-0.39, 0.29) is 5.54 Å². The summed E-state index contributed by atoms with van der Waals surface area (Å²) >= 11 is 0. The van der Waals surface area contributed by atoms with E-state index < -0.39 is 0 Å². The van der Waals surface area contributed by atoms with Crippen molar-refractivity contribution in [1.29, 1.82) is 0 Å². The summed E-state index contributed by atoms with van der Waals surface area (Å²) in [5.74, 6) is 0. The molecule has 1 rings (SSSR count). The van der Waals surface area contributed by atoms with Gasteiger partial charge in [-0.15, -0.1) is 0 Å². The first-order valence-electron chi connectivity index (χ1n) is 6.82. The van der Waals surface area contributed by atoms with Crippen LogP contribution in [0.1, 0.15) is 45.4 Å². The highest BCUT2D eigenvalue weighted by atomic mass is 15.2. The van der Waals surface area contributed by atoms with Gasteiger partial charge >= 0.3 is 0 Å². The van der Waals surface area contributed by atoms with E-state index in [1.807, 2.05) is 13.1 Å². The maximum absolute atomic E-state index is 4.42. The number of hydrogen-bond acceptors (Lipinski definition) is 3. The van der Waals surface area contributed by atoms with E-state index in [9.17, 15) is 0 Å². The van der Waals surface area contributed by atoms with Gasteiger partial charge in [-0.25, -0.2) is 0 Å². The minimum absolute atomic E-state index is 0.161. The Morgan fingerprint density at radius 3 is 2.56 bits per heavy atom. The molecular weight excluding hydrogens is 222 g/mol. The Morgan fingerprint density at radius 2 is 2.00 bits per heavy atom. The fraction of sp³-hybridized carbons (Fsp3) is 0.667. The van der Waals surface area contributed by atoms with Crippen molar-refractivity contribution in [1.82, 2.24) is 10.3 Å². The van der Waals surface area contributed by atoms with Crippen molar-refractivity contribution in [3.05, 3.63) is 23.5 Å². The molecule has 0 saturated heterocycles. The molecule has 1 N–H and O–H groups in total. The highest BCUT2D eigenvalue weighted by Crippen LogP contribution is 2.28. The van der Waals surface area contributed by atoms with E-state index in [2.05, 4.69) is 56.0 Å². The van der Waals surface area contributed by atoms with E-state index in [1.165, 1.54) is 11.3 Å². The second-order valence-electron chi connectivity index (χ2n) is 5.46. The Balaban J connectivity index is 3.08. The zero-order chi connectivity index (χ0) is 13.8. The summed E-state index contributed by atoms with van der Waals surface area (Å²) in [7, 11) is 2.17. The Labute approximate surface area is 112 Å². The lowest BCUT2D eigenvalue weighted by atomic mass is 9.98. The second-order valence-corrected chi connectivity index (χ2v) is 5.46. The lowest BCUT2D eigenvalue weighted by molar-refractivity contribution is 0.469. The van der Waals surface area contributed by atoms with Crippen molar-refractivity contribution in [2.75, 3.05) is 18.5 Å². The van der Waals surface area contributed by atoms with Crippen LogP contribution >= 0.6 is 0 Å². The van der Waals surface area contributed by atoms with Gasteiger partial charge in [0.05, 0.1) is 0 Å². The molecule has 0 aliphatic carbocycles. The molecule has 102 valence electrons. The van der Waals surface area contributed by atoms with Crippen LogP contribution in [-0.4, -0.2) is 24.1 Å². The van der Waals surface area contributed by atoms with Gasteiger partial charge in [0.15, 0.2) is 0 Å². The van der Waals surface area contributed by atoms with Crippen LogP contribution in [0.5, 0.6) is 0 Å². The SMILES string of the molecule is CCNCc1cnc(C)cc1N(C)C(C)(C)CC. The highest BCUT2D eigenvalue weighted by Gasteiger charge is 2.23. The van der Waals surface area contributed by atoms with Gasteiger partial charge in [0.1, 0.15) is 0 Å². The van der Waals surface area contributed by atoms with Crippen LogP contribution in [0.2, 0.25) is 0 Å². The fourth-order valence-corrected chi connectivity index (χ4v) is 1.85. The zero-order valence-corrected chi connectivity index (χ0v) is 12.7. The summed E-state index contributed by atoms with van der Waals surface area (Å²) in [5.41, 5.74) is 3.79. The third kappa shape index (κ3) is 3.45. The molecule has 0 amide bonds. The van der Waals surface area contributed by atoms with Gasteiger partial charge in [0, 0.05) is 42.3 Å². The van der Waals surface area contributed by atoms with E-state index in [0.29, 0.717) is 0 Å². The normalized spacial score (nSPS) is 11.7. The van der Waals surface area contributed by atoms with Crippen molar-refractivity contribution >= 4 is 5.69 Å². The van der Waals surface area contributed by atoms with Gasteiger partial charge in [-0.1, -0.05) is 13.8 Å². The summed E-state index contributed by atoms with van der Waals surface area (Å²) in [4.78, 5) is 6.79. The molecule has 0 saturated carbocycles. The molecule has 3 heteroatoms. The fourth-order valence-electron chi connectivity index (χ4n) is 1.85. The van der Waals surface area contributed by atoms with Crippen molar-refractivity contribution in [2.45, 2.75) is 53.1 Å². The average molecular weight is 249 g/mol. The molecule has 0 bridgehead atoms. The molecule has 3 nitrogen and oxygen atoms in total. The average Bonchev–Trinajstić information content (AvgIpc) is 2.36. The first-order chi connectivity index (χ1) is 8.42. The molecule has 1 heterocycles. The number of aromatic nitrogens is 1. The third-order valence-electron chi connectivity index (χ3n) is 3.80. The minimum atomic E-state index is 0.161. The summed E-state index contributed by atoms with van der Waals surface area (Å²) < 4.78 is 0. The third-order valence-corrected chi connectivity index (χ3v) is 3.80. The molecule has 1 aromatic rings. The summed E-state index contributed by atoms with van der Waals surface area (Å²) in [6.45, 7) is 12.8. The van der Waals surface area contributed by atoms with Gasteiger partial charge in [-0.3, -0.25) is 4.98 Å². The van der Waals surface area contributed by atoms with E-state index in [1.54, 1.807) is 0 Å². The Bertz CT molecular complexity index is 385. The largest absolute Gasteiger partial charge is 0.369 e. The first-order valence-corrected chi connectivity index (χ1v) is 6.82. The molecule has 0 spiro atoms. The van der Waals surface area contributed by atoms with Crippen LogP contribution in [0, 0.1) is 6.92 Å². The molecule has 18 heavy (non-hydrogen) atoms. The van der Waals surface area contributed by atoms with Crippen molar-refractivity contribution in [3.63, 3.8) is 0 Å². The molecule has 0 aliphatic heterocycles. The van der Waals surface area contributed by atoms with Crippen molar-refractivity contribution < 1.29 is 0 Å². The highest BCUT2D eigenvalue weighted by molar-refractivity contribution is 5.54. The van der Waals surface area contributed by atoms with Crippen LogP contribution < -0.4 is 10.2 Å². The quantitative estimate of drug-likeness (QED) is 0.839. The van der Waals surface area contributed by atoms with Gasteiger partial charge in [0.25, 0.3) is 0 Å². The number of nitrogens with one attached hydrogen (secondary N) is 1. The lowest BCUT2D eigenvalue weighted by Gasteiger charge is -2.38. The lowest BCUT2D eigenvalue weighted by Crippen LogP contribution is -2.41. The van der Waals surface area contributed by atoms with Gasteiger partial charge in [0.2, 0.25) is 0 Å². The van der Waals surface area contributed by atoms with Crippen LogP contribution in [0.4, 0.5) is 5.69 Å². The van der Waals surface area contributed by atoms with Gasteiger partial charge in [-0.2, -0.15) is 0 Å². The monoisotopic (exact) mass is 249 g/mol. The molecule has 0 atom stereocenters. The standard InChI is InChI=1S/C15H27N3/c1-7-15(4,5)18(6)14-9-12(3)17-11-13(14)10-16-8-2/h9,11,16H,7-8,10H2,1-6H3. The molecule has 0 radical (unpaired) electrons. The number of pyridine rings is 1. The number of anilines is 1.